The van der Waals surface area contributed by atoms with Crippen molar-refractivity contribution in [3.8, 4) is 5.75 Å². The van der Waals surface area contributed by atoms with Gasteiger partial charge in [0.2, 0.25) is 5.91 Å². The number of nitrogens with two attached hydrogens (primary N) is 1. The molecule has 108 valence electrons. The van der Waals surface area contributed by atoms with Crippen LogP contribution in [0.2, 0.25) is 0 Å². The third-order valence-corrected chi connectivity index (χ3v) is 3.20. The molecule has 0 aliphatic rings. The summed E-state index contributed by atoms with van der Waals surface area (Å²) < 4.78 is 5.26. The van der Waals surface area contributed by atoms with E-state index < -0.39 is 0 Å². The van der Waals surface area contributed by atoms with Crippen LogP contribution in [0.3, 0.4) is 0 Å². The molecule has 1 rings (SSSR count). The summed E-state index contributed by atoms with van der Waals surface area (Å²) in [5.74, 6) is 0.943. The summed E-state index contributed by atoms with van der Waals surface area (Å²) in [5.41, 5.74) is 6.61. The molecule has 0 radical (unpaired) electrons. The first-order chi connectivity index (χ1) is 8.60. The van der Waals surface area contributed by atoms with E-state index in [4.69, 9.17) is 10.5 Å². The van der Waals surface area contributed by atoms with E-state index >= 15 is 0 Å². The highest BCUT2D eigenvalue weighted by molar-refractivity contribution is 5.85. The second-order valence-corrected chi connectivity index (χ2v) is 4.40. The fraction of sp³-hybridized carbons (Fsp3) is 0.500. The van der Waals surface area contributed by atoms with Crippen LogP contribution < -0.4 is 10.5 Å². The molecule has 1 aromatic carbocycles. The lowest BCUT2D eigenvalue weighted by atomic mass is 10.1. The Hall–Kier alpha value is -1.26. The van der Waals surface area contributed by atoms with Crippen LogP contribution >= 0.6 is 12.4 Å². The van der Waals surface area contributed by atoms with E-state index in [1.807, 2.05) is 31.2 Å². The molecule has 2 N–H and O–H groups in total. The number of amides is 1. The highest BCUT2D eigenvalue weighted by Gasteiger charge is 2.14. The van der Waals surface area contributed by atoms with Crippen LogP contribution in [0, 0.1) is 0 Å². The van der Waals surface area contributed by atoms with Gasteiger partial charge in [-0.3, -0.25) is 4.79 Å². The summed E-state index contributed by atoms with van der Waals surface area (Å²) in [7, 11) is 3.44. The van der Waals surface area contributed by atoms with E-state index in [0.29, 0.717) is 19.4 Å². The molecule has 1 atom stereocenters. The van der Waals surface area contributed by atoms with Crippen molar-refractivity contribution in [3.63, 3.8) is 0 Å². The van der Waals surface area contributed by atoms with Crippen molar-refractivity contribution in [2.45, 2.75) is 25.8 Å². The standard InChI is InChI=1S/C14H22N2O2.ClH/c1-11(10-15)16(2)14(17)9-8-12-6-4-5-7-13(12)18-3;/h4-7,11H,8-10,15H2,1-3H3;1H. The molecule has 1 aromatic rings. The predicted octanol–water partition coefficient (Wildman–Crippen LogP) is 1.86. The van der Waals surface area contributed by atoms with E-state index in [0.717, 1.165) is 11.3 Å². The zero-order valence-corrected chi connectivity index (χ0v) is 12.6. The van der Waals surface area contributed by atoms with Gasteiger partial charge in [0.25, 0.3) is 0 Å². The summed E-state index contributed by atoms with van der Waals surface area (Å²) in [6.07, 6.45) is 1.16. The Morgan fingerprint density at radius 3 is 2.63 bits per heavy atom. The van der Waals surface area contributed by atoms with E-state index in [2.05, 4.69) is 0 Å². The van der Waals surface area contributed by atoms with E-state index in [1.54, 1.807) is 19.1 Å². The Bertz CT molecular complexity index is 399. The van der Waals surface area contributed by atoms with Gasteiger partial charge in [-0.05, 0) is 25.0 Å². The lowest BCUT2D eigenvalue weighted by Crippen LogP contribution is -2.39. The zero-order valence-electron chi connectivity index (χ0n) is 11.8. The Labute approximate surface area is 121 Å². The van der Waals surface area contributed by atoms with Gasteiger partial charge in [-0.25, -0.2) is 0 Å². The first kappa shape index (κ1) is 17.7. The van der Waals surface area contributed by atoms with E-state index in [1.165, 1.54) is 0 Å². The quantitative estimate of drug-likeness (QED) is 0.868. The molecule has 0 aliphatic carbocycles. The maximum Gasteiger partial charge on any atom is 0.222 e. The van der Waals surface area contributed by atoms with Gasteiger partial charge in [-0.15, -0.1) is 12.4 Å². The largest absolute Gasteiger partial charge is 0.496 e. The molecule has 0 aliphatic heterocycles. The van der Waals surface area contributed by atoms with Gasteiger partial charge in [0.05, 0.1) is 7.11 Å². The molecule has 0 spiro atoms. The fourth-order valence-electron chi connectivity index (χ4n) is 1.73. The van der Waals surface area contributed by atoms with E-state index in [9.17, 15) is 4.79 Å². The Morgan fingerprint density at radius 2 is 2.05 bits per heavy atom. The van der Waals surface area contributed by atoms with Gasteiger partial charge in [-0.2, -0.15) is 0 Å². The summed E-state index contributed by atoms with van der Waals surface area (Å²) in [4.78, 5) is 13.6. The summed E-state index contributed by atoms with van der Waals surface area (Å²) in [6, 6.07) is 7.85. The number of aryl methyl sites for hydroxylation is 1. The van der Waals surface area contributed by atoms with Crippen molar-refractivity contribution < 1.29 is 9.53 Å². The molecule has 1 unspecified atom stereocenters. The molecule has 0 bridgehead atoms. The van der Waals surface area contributed by atoms with Gasteiger partial charge >= 0.3 is 0 Å². The maximum atomic E-state index is 11.9. The fourth-order valence-corrected chi connectivity index (χ4v) is 1.73. The number of nitrogens with zero attached hydrogens (tertiary/aromatic N) is 1. The number of rotatable bonds is 6. The number of para-hydroxylation sites is 1. The molecule has 0 saturated carbocycles. The van der Waals surface area contributed by atoms with Crippen molar-refractivity contribution >= 4 is 18.3 Å². The number of likely N-dealkylation sites (N-methyl/N-ethyl adjacent to an activating group) is 1. The Morgan fingerprint density at radius 1 is 1.42 bits per heavy atom. The minimum atomic E-state index is 0. The van der Waals surface area contributed by atoms with Crippen molar-refractivity contribution in [1.29, 1.82) is 0 Å². The van der Waals surface area contributed by atoms with Crippen LogP contribution in [0.5, 0.6) is 5.75 Å². The van der Waals surface area contributed by atoms with Crippen LogP contribution in [0.15, 0.2) is 24.3 Å². The minimum absolute atomic E-state index is 0. The normalized spacial score (nSPS) is 11.4. The number of carbonyl (C=O) groups is 1. The molecule has 0 saturated heterocycles. The lowest BCUT2D eigenvalue weighted by molar-refractivity contribution is -0.131. The number of methoxy groups -OCH3 is 1. The third-order valence-electron chi connectivity index (χ3n) is 3.20. The lowest BCUT2D eigenvalue weighted by Gasteiger charge is -2.23. The number of hydrogen-bond donors (Lipinski definition) is 1. The second kappa shape index (κ2) is 8.77. The number of halogens is 1. The average Bonchev–Trinajstić information content (AvgIpc) is 2.43. The van der Waals surface area contributed by atoms with Crippen LogP contribution in [0.25, 0.3) is 0 Å². The Kier molecular flexibility index (Phi) is 8.19. The summed E-state index contributed by atoms with van der Waals surface area (Å²) in [6.45, 7) is 2.43. The highest BCUT2D eigenvalue weighted by Crippen LogP contribution is 2.19. The predicted molar refractivity (Wildman–Crippen MR) is 79.8 cm³/mol. The van der Waals surface area contributed by atoms with Crippen LogP contribution in [-0.4, -0.2) is 37.6 Å². The molecular weight excluding hydrogens is 264 g/mol. The minimum Gasteiger partial charge on any atom is -0.496 e. The molecular formula is C14H23ClN2O2. The second-order valence-electron chi connectivity index (χ2n) is 4.40. The Balaban J connectivity index is 0.00000324. The topological polar surface area (TPSA) is 55.6 Å². The molecule has 0 fully saturated rings. The molecule has 4 nitrogen and oxygen atoms in total. The molecule has 5 heteroatoms. The smallest absolute Gasteiger partial charge is 0.222 e. The van der Waals surface area contributed by atoms with Gasteiger partial charge in [0, 0.05) is 26.1 Å². The van der Waals surface area contributed by atoms with Gasteiger partial charge in [-0.1, -0.05) is 18.2 Å². The molecule has 1 amide bonds. The molecule has 0 heterocycles. The van der Waals surface area contributed by atoms with Gasteiger partial charge < -0.3 is 15.4 Å². The van der Waals surface area contributed by atoms with E-state index in [-0.39, 0.29) is 24.4 Å². The van der Waals surface area contributed by atoms with Crippen molar-refractivity contribution in [3.05, 3.63) is 29.8 Å². The number of hydrogen-bond acceptors (Lipinski definition) is 3. The number of ether oxygens (including phenoxy) is 1. The van der Waals surface area contributed by atoms with Gasteiger partial charge in [0.1, 0.15) is 5.75 Å². The van der Waals surface area contributed by atoms with Crippen molar-refractivity contribution in [1.82, 2.24) is 4.90 Å². The third kappa shape index (κ3) is 5.09. The number of carbonyl (C=O) groups excluding carboxylic acids is 1. The first-order valence-electron chi connectivity index (χ1n) is 6.17. The van der Waals surface area contributed by atoms with Crippen molar-refractivity contribution in [2.75, 3.05) is 20.7 Å². The molecule has 0 aromatic heterocycles. The first-order valence-corrected chi connectivity index (χ1v) is 6.17. The average molecular weight is 287 g/mol. The SMILES string of the molecule is COc1ccccc1CCC(=O)N(C)C(C)CN.Cl. The molecule has 19 heavy (non-hydrogen) atoms. The zero-order chi connectivity index (χ0) is 13.5. The van der Waals surface area contributed by atoms with Gasteiger partial charge in [0.15, 0.2) is 0 Å². The maximum absolute atomic E-state index is 11.9. The number of benzene rings is 1. The van der Waals surface area contributed by atoms with Crippen LogP contribution in [0.1, 0.15) is 18.9 Å². The summed E-state index contributed by atoms with van der Waals surface area (Å²) in [5, 5.41) is 0. The van der Waals surface area contributed by atoms with Crippen LogP contribution in [0.4, 0.5) is 0 Å². The van der Waals surface area contributed by atoms with Crippen LogP contribution in [-0.2, 0) is 11.2 Å². The monoisotopic (exact) mass is 286 g/mol. The summed E-state index contributed by atoms with van der Waals surface area (Å²) >= 11 is 0. The highest BCUT2D eigenvalue weighted by atomic mass is 35.5. The van der Waals surface area contributed by atoms with Crippen molar-refractivity contribution in [2.24, 2.45) is 5.73 Å².